The minimum absolute atomic E-state index is 0.904. The molecule has 0 aliphatic heterocycles. The van der Waals surface area contributed by atoms with E-state index in [2.05, 4.69) is 161 Å². The molecule has 0 saturated heterocycles. The molecule has 6 aromatic carbocycles. The Morgan fingerprint density at radius 3 is 1.93 bits per heavy atom. The highest BCUT2D eigenvalue weighted by molar-refractivity contribution is 6.22. The summed E-state index contributed by atoms with van der Waals surface area (Å²) in [5, 5.41) is 7.41. The first-order valence-corrected chi connectivity index (χ1v) is 16.4. The monoisotopic (exact) mass is 595 g/mol. The molecule has 0 saturated carbocycles. The largest absolute Gasteiger partial charge is 0.253 e. The van der Waals surface area contributed by atoms with Crippen molar-refractivity contribution < 1.29 is 0 Å². The lowest BCUT2D eigenvalue weighted by Gasteiger charge is -2.20. The average Bonchev–Trinajstić information content (AvgIpc) is 3.10. The molecule has 0 fully saturated rings. The second-order valence-corrected chi connectivity index (χ2v) is 11.7. The third-order valence-electron chi connectivity index (χ3n) is 8.61. The van der Waals surface area contributed by atoms with Crippen LogP contribution in [0.5, 0.6) is 0 Å². The van der Waals surface area contributed by atoms with Gasteiger partial charge in [0, 0.05) is 11.3 Å². The predicted molar refractivity (Wildman–Crippen MR) is 204 cm³/mol. The van der Waals surface area contributed by atoms with Crippen molar-refractivity contribution in [2.75, 3.05) is 0 Å². The smallest absolute Gasteiger partial charge is 0.0671 e. The van der Waals surface area contributed by atoms with Crippen LogP contribution in [0.15, 0.2) is 157 Å². The Bertz CT molecular complexity index is 2100. The van der Waals surface area contributed by atoms with E-state index in [1.54, 1.807) is 0 Å². The maximum atomic E-state index is 5.20. The van der Waals surface area contributed by atoms with E-state index in [0.29, 0.717) is 0 Å². The topological polar surface area (TPSA) is 12.4 Å². The van der Waals surface area contributed by atoms with Crippen LogP contribution in [0.3, 0.4) is 0 Å². The van der Waals surface area contributed by atoms with Crippen LogP contribution in [0.25, 0.3) is 54.7 Å². The third kappa shape index (κ3) is 6.02. The molecule has 0 heterocycles. The first-order chi connectivity index (χ1) is 22.7. The summed E-state index contributed by atoms with van der Waals surface area (Å²) in [5.74, 6) is 0. The molecule has 0 aliphatic carbocycles. The molecule has 0 radical (unpaired) electrons. The number of unbranched alkanes of at least 4 members (excludes halogenated alkanes) is 1. The summed E-state index contributed by atoms with van der Waals surface area (Å²) in [5.41, 5.74) is 9.24. The molecular weight excluding hydrogens is 555 g/mol. The lowest BCUT2D eigenvalue weighted by Crippen LogP contribution is -1.96. The first kappa shape index (κ1) is 30.7. The van der Waals surface area contributed by atoms with E-state index in [1.807, 2.05) is 12.1 Å². The van der Waals surface area contributed by atoms with E-state index in [-0.39, 0.29) is 0 Å². The van der Waals surface area contributed by atoms with Gasteiger partial charge in [-0.2, -0.15) is 0 Å². The molecule has 0 aliphatic rings. The van der Waals surface area contributed by atoms with Gasteiger partial charge in [-0.1, -0.05) is 172 Å². The van der Waals surface area contributed by atoms with E-state index < -0.39 is 0 Å². The molecule has 6 aromatic rings. The Labute approximate surface area is 273 Å². The van der Waals surface area contributed by atoms with Crippen molar-refractivity contribution in [3.8, 4) is 11.1 Å². The average molecular weight is 596 g/mol. The number of rotatable bonds is 10. The minimum Gasteiger partial charge on any atom is -0.253 e. The van der Waals surface area contributed by atoms with Crippen LogP contribution in [-0.2, 0) is 0 Å². The van der Waals surface area contributed by atoms with E-state index in [0.717, 1.165) is 41.8 Å². The first-order valence-electron chi connectivity index (χ1n) is 16.4. The number of fused-ring (bicyclic) bond motifs is 3. The van der Waals surface area contributed by atoms with Crippen LogP contribution in [-0.4, -0.2) is 5.71 Å². The van der Waals surface area contributed by atoms with Gasteiger partial charge >= 0.3 is 0 Å². The van der Waals surface area contributed by atoms with Crippen molar-refractivity contribution in [3.63, 3.8) is 0 Å². The normalized spacial score (nSPS) is 12.9. The summed E-state index contributed by atoms with van der Waals surface area (Å²) in [6, 6.07) is 41.5. The van der Waals surface area contributed by atoms with Crippen LogP contribution in [0, 0.1) is 0 Å². The van der Waals surface area contributed by atoms with Gasteiger partial charge in [0.25, 0.3) is 0 Å². The van der Waals surface area contributed by atoms with Gasteiger partial charge in [-0.25, -0.2) is 0 Å². The summed E-state index contributed by atoms with van der Waals surface area (Å²) < 4.78 is 0. The Balaban J connectivity index is 1.63. The zero-order chi connectivity index (χ0) is 31.9. The summed E-state index contributed by atoms with van der Waals surface area (Å²) in [7, 11) is 0. The van der Waals surface area contributed by atoms with Crippen LogP contribution < -0.4 is 0 Å². The van der Waals surface area contributed by atoms with Gasteiger partial charge < -0.3 is 0 Å². The molecule has 0 unspecified atom stereocenters. The fourth-order valence-electron chi connectivity index (χ4n) is 6.54. The number of aliphatic imine (C=N–C) groups is 1. The van der Waals surface area contributed by atoms with Crippen molar-refractivity contribution in [1.82, 2.24) is 0 Å². The Morgan fingerprint density at radius 2 is 1.28 bits per heavy atom. The van der Waals surface area contributed by atoms with Crippen molar-refractivity contribution in [2.24, 2.45) is 4.99 Å². The molecule has 226 valence electrons. The van der Waals surface area contributed by atoms with Gasteiger partial charge in [0.2, 0.25) is 0 Å². The van der Waals surface area contributed by atoms with Gasteiger partial charge in [-0.3, -0.25) is 4.99 Å². The fourth-order valence-corrected chi connectivity index (χ4v) is 6.54. The number of allylic oxidation sites excluding steroid dienone is 6. The highest BCUT2D eigenvalue weighted by atomic mass is 14.8. The van der Waals surface area contributed by atoms with Gasteiger partial charge in [0.1, 0.15) is 0 Å². The molecule has 0 N–H and O–H groups in total. The number of nitrogens with zero attached hydrogens (tertiary/aromatic N) is 1. The summed E-state index contributed by atoms with van der Waals surface area (Å²) in [4.78, 5) is 5.20. The van der Waals surface area contributed by atoms with E-state index >= 15 is 0 Å². The van der Waals surface area contributed by atoms with Gasteiger partial charge in [0.05, 0.1) is 5.70 Å². The summed E-state index contributed by atoms with van der Waals surface area (Å²) in [6.07, 6.45) is 13.9. The van der Waals surface area contributed by atoms with Crippen molar-refractivity contribution in [2.45, 2.75) is 40.0 Å². The second-order valence-electron chi connectivity index (χ2n) is 11.7. The van der Waals surface area contributed by atoms with Crippen LogP contribution in [0.2, 0.25) is 0 Å². The highest BCUT2D eigenvalue weighted by Gasteiger charge is 2.19. The molecule has 0 bridgehead atoms. The van der Waals surface area contributed by atoms with Gasteiger partial charge in [-0.15, -0.1) is 0 Å². The molecule has 0 spiro atoms. The quantitative estimate of drug-likeness (QED) is 0.0848. The van der Waals surface area contributed by atoms with Crippen molar-refractivity contribution >= 4 is 49.3 Å². The Hall–Kier alpha value is -5.27. The molecule has 0 amide bonds. The summed E-state index contributed by atoms with van der Waals surface area (Å²) in [6.45, 7) is 10.6. The lowest BCUT2D eigenvalue weighted by molar-refractivity contribution is 0.959. The van der Waals surface area contributed by atoms with Gasteiger partial charge in [-0.05, 0) is 79.9 Å². The Kier molecular flexibility index (Phi) is 9.51. The molecule has 46 heavy (non-hydrogen) atoms. The summed E-state index contributed by atoms with van der Waals surface area (Å²) >= 11 is 0. The number of hydrogen-bond acceptors (Lipinski definition) is 1. The predicted octanol–water partition coefficient (Wildman–Crippen LogP) is 13.0. The molecule has 1 heteroatoms. The SMILES string of the molecule is C=C/C=C(\C=C/CCC)c1c2ccccc2c(-c2cccc3c(/C(=C/CC)N=C(C)c4ccccc4)cccc23)c2ccccc12. The van der Waals surface area contributed by atoms with E-state index in [9.17, 15) is 0 Å². The van der Waals surface area contributed by atoms with Crippen LogP contribution in [0.1, 0.15) is 56.7 Å². The molecular formula is C45H41N. The fraction of sp³-hybridized carbons (Fsp3) is 0.133. The Morgan fingerprint density at radius 1 is 0.674 bits per heavy atom. The zero-order valence-corrected chi connectivity index (χ0v) is 27.1. The van der Waals surface area contributed by atoms with Crippen molar-refractivity contribution in [1.29, 1.82) is 0 Å². The van der Waals surface area contributed by atoms with Crippen LogP contribution in [0.4, 0.5) is 0 Å². The standard InChI is InChI=1S/C45H41N/c1-5-8-10-23-34(19-6-2)44-39-24-13-15-26-41(39)45(42-27-16-14-25-40(42)44)38-31-18-28-35-36(38)29-17-30-37(35)43(20-7-3)46-32(4)33-21-11-9-12-22-33/h6,9-31H,2,5,7-8H2,1,3-4H3/b23-10-,34-19+,43-20-,46-32?. The molecule has 1 nitrogen and oxygen atoms in total. The molecule has 0 aromatic heterocycles. The van der Waals surface area contributed by atoms with Crippen LogP contribution >= 0.6 is 0 Å². The second kappa shape index (κ2) is 14.2. The van der Waals surface area contributed by atoms with Crippen molar-refractivity contribution in [3.05, 3.63) is 169 Å². The number of benzene rings is 6. The highest BCUT2D eigenvalue weighted by Crippen LogP contribution is 2.44. The third-order valence-corrected chi connectivity index (χ3v) is 8.61. The maximum absolute atomic E-state index is 5.20. The number of hydrogen-bond donors (Lipinski definition) is 0. The van der Waals surface area contributed by atoms with E-state index in [1.165, 1.54) is 54.6 Å². The molecule has 6 rings (SSSR count). The van der Waals surface area contributed by atoms with Gasteiger partial charge in [0.15, 0.2) is 0 Å². The minimum atomic E-state index is 0.904. The molecule has 0 atom stereocenters. The zero-order valence-electron chi connectivity index (χ0n) is 27.1. The van der Waals surface area contributed by atoms with E-state index in [4.69, 9.17) is 4.99 Å². The maximum Gasteiger partial charge on any atom is 0.0671 e. The lowest BCUT2D eigenvalue weighted by atomic mass is 9.84.